The van der Waals surface area contributed by atoms with Crippen molar-refractivity contribution in [3.05, 3.63) is 63.3 Å². The predicted molar refractivity (Wildman–Crippen MR) is 90.0 cm³/mol. The first-order valence-electron chi connectivity index (χ1n) is 7.36. The van der Waals surface area contributed by atoms with E-state index < -0.39 is 22.8 Å². The zero-order valence-corrected chi connectivity index (χ0v) is 12.9. The standard InChI is InChI=1S/C18H10O8/c19-10-6-12-8(1-3-15(21)24-12)5-14(10)26-18-9-2-4-16(22)25-13(9)7-11(20)17(18)23/h1-7,19-20,23H. The Balaban J connectivity index is 1.92. The maximum Gasteiger partial charge on any atom is 0.336 e. The first-order chi connectivity index (χ1) is 12.4. The van der Waals surface area contributed by atoms with Crippen molar-refractivity contribution in [1.29, 1.82) is 0 Å². The molecule has 4 rings (SSSR count). The first kappa shape index (κ1) is 15.6. The number of rotatable bonds is 2. The maximum atomic E-state index is 11.3. The van der Waals surface area contributed by atoms with Gasteiger partial charge >= 0.3 is 11.3 Å². The van der Waals surface area contributed by atoms with Crippen LogP contribution in [0.1, 0.15) is 0 Å². The molecule has 0 aliphatic rings. The van der Waals surface area contributed by atoms with Crippen LogP contribution >= 0.6 is 0 Å². The van der Waals surface area contributed by atoms with Gasteiger partial charge in [0, 0.05) is 29.7 Å². The normalized spacial score (nSPS) is 11.1. The Morgan fingerprint density at radius 1 is 0.769 bits per heavy atom. The molecule has 8 nitrogen and oxygen atoms in total. The Kier molecular flexibility index (Phi) is 3.33. The Bertz CT molecular complexity index is 1280. The molecule has 4 aromatic rings. The van der Waals surface area contributed by atoms with Crippen LogP contribution in [0.25, 0.3) is 21.9 Å². The summed E-state index contributed by atoms with van der Waals surface area (Å²) in [6, 6.07) is 8.82. The number of fused-ring (bicyclic) bond motifs is 2. The van der Waals surface area contributed by atoms with Crippen LogP contribution in [0.4, 0.5) is 0 Å². The highest BCUT2D eigenvalue weighted by Crippen LogP contribution is 2.45. The van der Waals surface area contributed by atoms with Crippen molar-refractivity contribution < 1.29 is 28.9 Å². The molecule has 2 aromatic heterocycles. The number of hydrogen-bond acceptors (Lipinski definition) is 8. The summed E-state index contributed by atoms with van der Waals surface area (Å²) in [7, 11) is 0. The molecule has 0 amide bonds. The van der Waals surface area contributed by atoms with E-state index in [9.17, 15) is 24.9 Å². The van der Waals surface area contributed by atoms with Crippen molar-refractivity contribution in [3.63, 3.8) is 0 Å². The third kappa shape index (κ3) is 2.49. The highest BCUT2D eigenvalue weighted by Gasteiger charge is 2.18. The number of hydrogen-bond donors (Lipinski definition) is 3. The number of phenols is 3. The van der Waals surface area contributed by atoms with Crippen LogP contribution in [0.2, 0.25) is 0 Å². The molecule has 0 saturated heterocycles. The van der Waals surface area contributed by atoms with E-state index in [4.69, 9.17) is 13.6 Å². The summed E-state index contributed by atoms with van der Waals surface area (Å²) in [5.74, 6) is -1.80. The van der Waals surface area contributed by atoms with Crippen LogP contribution < -0.4 is 16.0 Å². The van der Waals surface area contributed by atoms with Gasteiger partial charge in [-0.1, -0.05) is 0 Å². The number of aromatic hydroxyl groups is 3. The first-order valence-corrected chi connectivity index (χ1v) is 7.36. The summed E-state index contributed by atoms with van der Waals surface area (Å²) in [6.07, 6.45) is 0. The molecule has 0 saturated carbocycles. The second-order valence-corrected chi connectivity index (χ2v) is 5.45. The molecule has 130 valence electrons. The van der Waals surface area contributed by atoms with Crippen molar-refractivity contribution in [3.8, 4) is 28.7 Å². The van der Waals surface area contributed by atoms with Crippen molar-refractivity contribution in [2.24, 2.45) is 0 Å². The van der Waals surface area contributed by atoms with Gasteiger partial charge in [0.2, 0.25) is 5.75 Å². The van der Waals surface area contributed by atoms with Gasteiger partial charge in [0.05, 0.1) is 5.39 Å². The van der Waals surface area contributed by atoms with Gasteiger partial charge in [-0.2, -0.15) is 0 Å². The smallest absolute Gasteiger partial charge is 0.336 e. The summed E-state index contributed by atoms with van der Waals surface area (Å²) in [6.45, 7) is 0. The highest BCUT2D eigenvalue weighted by atomic mass is 16.5. The second kappa shape index (κ2) is 5.55. The van der Waals surface area contributed by atoms with Crippen LogP contribution in [0.5, 0.6) is 28.7 Å². The molecule has 8 heteroatoms. The summed E-state index contributed by atoms with van der Waals surface area (Å²) >= 11 is 0. The lowest BCUT2D eigenvalue weighted by molar-refractivity contribution is 0.364. The molecular weight excluding hydrogens is 344 g/mol. The van der Waals surface area contributed by atoms with Gasteiger partial charge in [-0.05, 0) is 18.2 Å². The van der Waals surface area contributed by atoms with Crippen LogP contribution in [0.15, 0.2) is 60.9 Å². The number of phenolic OH excluding ortho intramolecular Hbond substituents is 3. The monoisotopic (exact) mass is 354 g/mol. The fourth-order valence-corrected chi connectivity index (χ4v) is 2.54. The van der Waals surface area contributed by atoms with Crippen LogP contribution in [-0.2, 0) is 0 Å². The summed E-state index contributed by atoms with van der Waals surface area (Å²) in [4.78, 5) is 22.6. The predicted octanol–water partition coefficient (Wildman–Crippen LogP) is 2.81. The van der Waals surface area contributed by atoms with E-state index in [0.29, 0.717) is 5.39 Å². The average molecular weight is 354 g/mol. The Labute approximate surface area is 143 Å². The summed E-state index contributed by atoms with van der Waals surface area (Å²) in [5, 5.41) is 30.8. The third-order valence-electron chi connectivity index (χ3n) is 3.75. The molecule has 26 heavy (non-hydrogen) atoms. The number of ether oxygens (including phenoxy) is 1. The van der Waals surface area contributed by atoms with E-state index in [1.165, 1.54) is 30.3 Å². The lowest BCUT2D eigenvalue weighted by atomic mass is 10.1. The number of benzene rings is 2. The molecule has 0 radical (unpaired) electrons. The highest BCUT2D eigenvalue weighted by molar-refractivity contribution is 5.89. The Hall–Kier alpha value is -3.94. The quantitative estimate of drug-likeness (QED) is 0.370. The van der Waals surface area contributed by atoms with Gasteiger partial charge in [0.1, 0.15) is 11.2 Å². The zero-order valence-electron chi connectivity index (χ0n) is 12.9. The topological polar surface area (TPSA) is 130 Å². The average Bonchev–Trinajstić information content (AvgIpc) is 2.59. The van der Waals surface area contributed by atoms with Crippen molar-refractivity contribution in [2.45, 2.75) is 0 Å². The van der Waals surface area contributed by atoms with Crippen molar-refractivity contribution in [2.75, 3.05) is 0 Å². The molecule has 0 atom stereocenters. The Morgan fingerprint density at radius 3 is 2.19 bits per heavy atom. The van der Waals surface area contributed by atoms with E-state index in [-0.39, 0.29) is 33.8 Å². The van der Waals surface area contributed by atoms with Crippen LogP contribution in [-0.4, -0.2) is 15.3 Å². The lowest BCUT2D eigenvalue weighted by Gasteiger charge is -2.13. The van der Waals surface area contributed by atoms with Crippen molar-refractivity contribution in [1.82, 2.24) is 0 Å². The van der Waals surface area contributed by atoms with Crippen LogP contribution in [0.3, 0.4) is 0 Å². The van der Waals surface area contributed by atoms with Gasteiger partial charge in [-0.3, -0.25) is 0 Å². The van der Waals surface area contributed by atoms with Gasteiger partial charge in [-0.25, -0.2) is 9.59 Å². The largest absolute Gasteiger partial charge is 0.504 e. The molecule has 0 fully saturated rings. The van der Waals surface area contributed by atoms with Gasteiger partial charge in [-0.15, -0.1) is 0 Å². The molecule has 2 heterocycles. The molecule has 0 bridgehead atoms. The van der Waals surface area contributed by atoms with E-state index in [1.807, 2.05) is 0 Å². The van der Waals surface area contributed by atoms with E-state index >= 15 is 0 Å². The van der Waals surface area contributed by atoms with Crippen LogP contribution in [0, 0.1) is 0 Å². The molecule has 2 aromatic carbocycles. The maximum absolute atomic E-state index is 11.3. The van der Waals surface area contributed by atoms with Gasteiger partial charge < -0.3 is 28.9 Å². The van der Waals surface area contributed by atoms with E-state index in [0.717, 1.165) is 12.1 Å². The molecule has 0 unspecified atom stereocenters. The van der Waals surface area contributed by atoms with E-state index in [2.05, 4.69) is 0 Å². The third-order valence-corrected chi connectivity index (χ3v) is 3.75. The molecule has 3 N–H and O–H groups in total. The SMILES string of the molecule is O=c1ccc2cc(Oc3c(O)c(O)cc4oc(=O)ccc34)c(O)cc2o1. The minimum atomic E-state index is -0.642. The summed E-state index contributed by atoms with van der Waals surface area (Å²) in [5.41, 5.74) is -1.07. The molecule has 0 aliphatic heterocycles. The minimum Gasteiger partial charge on any atom is -0.504 e. The zero-order chi connectivity index (χ0) is 18.4. The molecular formula is C18H10O8. The van der Waals surface area contributed by atoms with Crippen molar-refractivity contribution >= 4 is 21.9 Å². The fraction of sp³-hybridized carbons (Fsp3) is 0. The fourth-order valence-electron chi connectivity index (χ4n) is 2.54. The minimum absolute atomic E-state index is 0.00549. The molecule has 0 aliphatic carbocycles. The molecule has 0 spiro atoms. The van der Waals surface area contributed by atoms with Gasteiger partial charge in [0.25, 0.3) is 0 Å². The second-order valence-electron chi connectivity index (χ2n) is 5.45. The van der Waals surface area contributed by atoms with E-state index in [1.54, 1.807) is 0 Å². The van der Waals surface area contributed by atoms with Gasteiger partial charge in [0.15, 0.2) is 23.0 Å². The Morgan fingerprint density at radius 2 is 1.42 bits per heavy atom. The summed E-state index contributed by atoms with van der Waals surface area (Å²) < 4.78 is 15.5. The lowest BCUT2D eigenvalue weighted by Crippen LogP contribution is -1.97.